The number of hydrogen-bond acceptors (Lipinski definition) is 0. The first-order valence-electron chi connectivity index (χ1n) is 16.1. The van der Waals surface area contributed by atoms with Gasteiger partial charge in [-0.25, -0.2) is 0 Å². The van der Waals surface area contributed by atoms with E-state index in [1.807, 2.05) is 0 Å². The van der Waals surface area contributed by atoms with Crippen LogP contribution in [0.3, 0.4) is 0 Å². The highest BCUT2D eigenvalue weighted by atomic mass is 14.3. The van der Waals surface area contributed by atoms with Gasteiger partial charge in [0.05, 0.1) is 0 Å². The second kappa shape index (κ2) is 11.9. The van der Waals surface area contributed by atoms with Crippen molar-refractivity contribution < 1.29 is 0 Å². The predicted molar refractivity (Wildman–Crippen MR) is 154 cm³/mol. The third-order valence-corrected chi connectivity index (χ3v) is 10.6. The highest BCUT2D eigenvalue weighted by Gasteiger charge is 2.27. The number of rotatable bonds is 5. The van der Waals surface area contributed by atoms with Gasteiger partial charge in [0.15, 0.2) is 0 Å². The fourth-order valence-electron chi connectivity index (χ4n) is 8.50. The highest BCUT2D eigenvalue weighted by molar-refractivity contribution is 5.74. The smallest absolute Gasteiger partial charge is 0.0114 e. The number of benzene rings is 2. The van der Waals surface area contributed by atoms with Crippen molar-refractivity contribution >= 4 is 0 Å². The quantitative estimate of drug-likeness (QED) is 0.398. The van der Waals surface area contributed by atoms with Crippen molar-refractivity contribution in [1.82, 2.24) is 0 Å². The fraction of sp³-hybridized carbons (Fsp3) is 0.667. The molecule has 6 rings (SSSR count). The van der Waals surface area contributed by atoms with Crippen LogP contribution in [0.25, 0.3) is 11.1 Å². The summed E-state index contributed by atoms with van der Waals surface area (Å²) in [6, 6.07) is 16.6. The Kier molecular flexibility index (Phi) is 8.17. The largest absolute Gasteiger partial charge is 0.0552 e. The van der Waals surface area contributed by atoms with Crippen molar-refractivity contribution in [3.8, 4) is 11.1 Å². The van der Waals surface area contributed by atoms with Crippen molar-refractivity contribution in [3.05, 3.63) is 58.7 Å². The first kappa shape index (κ1) is 24.8. The van der Waals surface area contributed by atoms with Crippen LogP contribution in [-0.2, 0) is 0 Å². The van der Waals surface area contributed by atoms with Crippen LogP contribution in [0.5, 0.6) is 0 Å². The van der Waals surface area contributed by atoms with Gasteiger partial charge in [0, 0.05) is 0 Å². The van der Waals surface area contributed by atoms with E-state index in [9.17, 15) is 0 Å². The Bertz CT molecular complexity index is 903. The van der Waals surface area contributed by atoms with E-state index in [0.29, 0.717) is 0 Å². The Labute approximate surface area is 221 Å². The van der Waals surface area contributed by atoms with Crippen molar-refractivity contribution in [3.63, 3.8) is 0 Å². The SMILES string of the molecule is [c]1cc(C2CCCCC2)c(-c2cc(C3CCCCC3)cc(C3CCCCC3)c2)c(C2CCCCC2)c1. The molecule has 0 amide bonds. The summed E-state index contributed by atoms with van der Waals surface area (Å²) in [5, 5.41) is 0. The molecule has 0 nitrogen and oxygen atoms in total. The van der Waals surface area contributed by atoms with Crippen LogP contribution >= 0.6 is 0 Å². The topological polar surface area (TPSA) is 0 Å². The van der Waals surface area contributed by atoms with E-state index in [0.717, 1.165) is 23.7 Å². The molecule has 1 radical (unpaired) electrons. The maximum absolute atomic E-state index is 3.69. The summed E-state index contributed by atoms with van der Waals surface area (Å²) < 4.78 is 0. The first-order valence-corrected chi connectivity index (χ1v) is 16.1. The summed E-state index contributed by atoms with van der Waals surface area (Å²) in [5.74, 6) is 3.05. The Hall–Kier alpha value is -1.56. The van der Waals surface area contributed by atoms with Gasteiger partial charge >= 0.3 is 0 Å². The van der Waals surface area contributed by atoms with E-state index < -0.39 is 0 Å². The average molecular weight is 482 g/mol. The van der Waals surface area contributed by atoms with Gasteiger partial charge in [0.1, 0.15) is 0 Å². The molecule has 0 aliphatic heterocycles. The van der Waals surface area contributed by atoms with E-state index in [1.54, 1.807) is 33.4 Å². The monoisotopic (exact) mass is 481 g/mol. The van der Waals surface area contributed by atoms with Crippen LogP contribution in [-0.4, -0.2) is 0 Å². The molecule has 0 unspecified atom stereocenters. The Morgan fingerprint density at radius 2 is 0.778 bits per heavy atom. The van der Waals surface area contributed by atoms with Crippen LogP contribution in [0.1, 0.15) is 174 Å². The minimum atomic E-state index is 0.741. The molecule has 0 N–H and O–H groups in total. The van der Waals surface area contributed by atoms with Crippen LogP contribution in [0, 0.1) is 6.07 Å². The molecule has 193 valence electrons. The van der Waals surface area contributed by atoms with Gasteiger partial charge < -0.3 is 0 Å². The Morgan fingerprint density at radius 1 is 0.417 bits per heavy atom. The van der Waals surface area contributed by atoms with Crippen molar-refractivity contribution in [1.29, 1.82) is 0 Å². The van der Waals surface area contributed by atoms with Crippen molar-refractivity contribution in [2.24, 2.45) is 0 Å². The zero-order chi connectivity index (χ0) is 24.2. The molecule has 0 bridgehead atoms. The van der Waals surface area contributed by atoms with E-state index in [1.165, 1.54) is 128 Å². The van der Waals surface area contributed by atoms with E-state index in [4.69, 9.17) is 0 Å². The molecule has 0 heterocycles. The zero-order valence-electron chi connectivity index (χ0n) is 22.8. The van der Waals surface area contributed by atoms with Gasteiger partial charge in [-0.15, -0.1) is 0 Å². The van der Waals surface area contributed by atoms with Gasteiger partial charge in [-0.05, 0) is 114 Å². The third-order valence-electron chi connectivity index (χ3n) is 10.6. The molecule has 0 heteroatoms. The van der Waals surface area contributed by atoms with Crippen LogP contribution in [0.2, 0.25) is 0 Å². The minimum absolute atomic E-state index is 0.741. The fourth-order valence-corrected chi connectivity index (χ4v) is 8.50. The lowest BCUT2D eigenvalue weighted by Crippen LogP contribution is -2.12. The predicted octanol–water partition coefficient (Wildman–Crippen LogP) is 11.3. The normalized spacial score (nSPS) is 23.7. The van der Waals surface area contributed by atoms with Crippen molar-refractivity contribution in [2.75, 3.05) is 0 Å². The molecular weight excluding hydrogens is 432 g/mol. The summed E-state index contributed by atoms with van der Waals surface area (Å²) in [5.41, 5.74) is 9.95. The summed E-state index contributed by atoms with van der Waals surface area (Å²) >= 11 is 0. The standard InChI is InChI=1S/C36H49/c1-5-14-27(15-6-1)31-24-32(28-16-7-2-8-17-28)26-33(25-31)36-34(29-18-9-3-10-19-29)22-13-23-35(36)30-20-11-4-12-21-30/h22-30H,1-12,14-21H2. The van der Waals surface area contributed by atoms with Gasteiger partial charge in [-0.3, -0.25) is 0 Å². The van der Waals surface area contributed by atoms with E-state index in [2.05, 4.69) is 36.4 Å². The summed E-state index contributed by atoms with van der Waals surface area (Å²) in [7, 11) is 0. The van der Waals surface area contributed by atoms with Gasteiger partial charge in [0.2, 0.25) is 0 Å². The van der Waals surface area contributed by atoms with E-state index in [-0.39, 0.29) is 0 Å². The summed E-state index contributed by atoms with van der Waals surface area (Å²) in [6.07, 6.45) is 28.2. The molecular formula is C36H49. The molecule has 0 aromatic heterocycles. The molecule has 4 aliphatic carbocycles. The molecule has 4 saturated carbocycles. The second-order valence-corrected chi connectivity index (χ2v) is 13.0. The lowest BCUT2D eigenvalue weighted by Gasteiger charge is -2.31. The maximum atomic E-state index is 3.69. The molecule has 2 aromatic rings. The number of hydrogen-bond donors (Lipinski definition) is 0. The lowest BCUT2D eigenvalue weighted by molar-refractivity contribution is 0.434. The Morgan fingerprint density at radius 3 is 1.17 bits per heavy atom. The molecule has 0 saturated heterocycles. The second-order valence-electron chi connectivity index (χ2n) is 13.0. The van der Waals surface area contributed by atoms with Crippen LogP contribution < -0.4 is 0 Å². The third kappa shape index (κ3) is 5.49. The van der Waals surface area contributed by atoms with E-state index >= 15 is 0 Å². The minimum Gasteiger partial charge on any atom is -0.0552 e. The van der Waals surface area contributed by atoms with Crippen LogP contribution in [0.15, 0.2) is 30.3 Å². The Balaban J connectivity index is 1.48. The maximum Gasteiger partial charge on any atom is -0.0114 e. The molecule has 2 aromatic carbocycles. The average Bonchev–Trinajstić information content (AvgIpc) is 2.98. The summed E-state index contributed by atoms with van der Waals surface area (Å²) in [4.78, 5) is 0. The first-order chi connectivity index (χ1) is 17.9. The molecule has 4 aliphatic rings. The molecule has 0 atom stereocenters. The molecule has 36 heavy (non-hydrogen) atoms. The molecule has 4 fully saturated rings. The van der Waals surface area contributed by atoms with Gasteiger partial charge in [-0.2, -0.15) is 0 Å². The lowest BCUT2D eigenvalue weighted by atomic mass is 9.73. The highest BCUT2D eigenvalue weighted by Crippen LogP contribution is 2.47. The van der Waals surface area contributed by atoms with Gasteiger partial charge in [-0.1, -0.05) is 107 Å². The van der Waals surface area contributed by atoms with Crippen molar-refractivity contribution in [2.45, 2.75) is 152 Å². The summed E-state index contributed by atoms with van der Waals surface area (Å²) in [6.45, 7) is 0. The molecule has 0 spiro atoms. The van der Waals surface area contributed by atoms with Gasteiger partial charge in [0.25, 0.3) is 0 Å². The zero-order valence-corrected chi connectivity index (χ0v) is 22.8. The van der Waals surface area contributed by atoms with Crippen LogP contribution in [0.4, 0.5) is 0 Å².